The summed E-state index contributed by atoms with van der Waals surface area (Å²) in [5.74, 6) is 0. The number of hydrogen-bond acceptors (Lipinski definition) is 2. The van der Waals surface area contributed by atoms with E-state index in [0.29, 0.717) is 0 Å². The third-order valence-electron chi connectivity index (χ3n) is 1.90. The standard InChI is InChI=1S/C11H16N2/c1-11(2,3)9-5-4-8-13-10(9)6-7-12/h4-8H,12H2,1-3H3. The van der Waals surface area contributed by atoms with Crippen LogP contribution in [0.2, 0.25) is 0 Å². The molecule has 1 rings (SSSR count). The number of pyridine rings is 1. The smallest absolute Gasteiger partial charge is 0.0681 e. The van der Waals surface area contributed by atoms with Crippen molar-refractivity contribution in [2.24, 2.45) is 5.73 Å². The zero-order valence-corrected chi connectivity index (χ0v) is 8.41. The normalized spacial score (nSPS) is 12.2. The Morgan fingerprint density at radius 1 is 1.38 bits per heavy atom. The van der Waals surface area contributed by atoms with Crippen LogP contribution in [0.3, 0.4) is 0 Å². The molecule has 0 bridgehead atoms. The van der Waals surface area contributed by atoms with E-state index in [9.17, 15) is 0 Å². The lowest BCUT2D eigenvalue weighted by Gasteiger charge is -2.20. The van der Waals surface area contributed by atoms with E-state index in [1.165, 1.54) is 11.8 Å². The molecule has 2 heteroatoms. The minimum absolute atomic E-state index is 0.114. The molecule has 0 aliphatic carbocycles. The van der Waals surface area contributed by atoms with E-state index in [-0.39, 0.29) is 5.41 Å². The fourth-order valence-electron chi connectivity index (χ4n) is 1.28. The van der Waals surface area contributed by atoms with Crippen molar-refractivity contribution in [2.45, 2.75) is 26.2 Å². The van der Waals surface area contributed by atoms with Gasteiger partial charge in [0.1, 0.15) is 0 Å². The summed E-state index contributed by atoms with van der Waals surface area (Å²) in [6.07, 6.45) is 5.14. The van der Waals surface area contributed by atoms with Gasteiger partial charge in [0, 0.05) is 6.20 Å². The third-order valence-corrected chi connectivity index (χ3v) is 1.90. The van der Waals surface area contributed by atoms with Gasteiger partial charge in [-0.1, -0.05) is 26.8 Å². The summed E-state index contributed by atoms with van der Waals surface area (Å²) in [6, 6.07) is 4.04. The van der Waals surface area contributed by atoms with Gasteiger partial charge in [-0.15, -0.1) is 0 Å². The molecule has 0 amide bonds. The zero-order valence-electron chi connectivity index (χ0n) is 8.41. The van der Waals surface area contributed by atoms with E-state index >= 15 is 0 Å². The van der Waals surface area contributed by atoms with Crippen LogP contribution in [0.25, 0.3) is 6.08 Å². The molecule has 2 nitrogen and oxygen atoms in total. The maximum atomic E-state index is 5.35. The van der Waals surface area contributed by atoms with Crippen molar-refractivity contribution in [3.8, 4) is 0 Å². The highest BCUT2D eigenvalue weighted by Crippen LogP contribution is 2.24. The minimum Gasteiger partial charge on any atom is -0.405 e. The molecule has 0 aliphatic rings. The van der Waals surface area contributed by atoms with Crippen LogP contribution in [-0.2, 0) is 5.41 Å². The SMILES string of the molecule is CC(C)(C)c1cccnc1C=CN. The Morgan fingerprint density at radius 2 is 2.08 bits per heavy atom. The van der Waals surface area contributed by atoms with Gasteiger partial charge in [-0.3, -0.25) is 4.98 Å². The first-order chi connectivity index (χ1) is 6.05. The van der Waals surface area contributed by atoms with E-state index < -0.39 is 0 Å². The summed E-state index contributed by atoms with van der Waals surface area (Å²) < 4.78 is 0. The molecule has 0 aromatic carbocycles. The molecule has 0 fully saturated rings. The molecule has 0 radical (unpaired) electrons. The Bertz CT molecular complexity index is 308. The second-order valence-corrected chi connectivity index (χ2v) is 4.05. The first-order valence-corrected chi connectivity index (χ1v) is 4.39. The number of rotatable bonds is 1. The molecule has 1 aromatic rings. The first kappa shape index (κ1) is 9.78. The summed E-state index contributed by atoms with van der Waals surface area (Å²) >= 11 is 0. The van der Waals surface area contributed by atoms with Crippen molar-refractivity contribution in [1.82, 2.24) is 4.98 Å². The Kier molecular flexibility index (Phi) is 2.71. The average Bonchev–Trinajstić information content (AvgIpc) is 2.04. The van der Waals surface area contributed by atoms with Crippen LogP contribution < -0.4 is 5.73 Å². The predicted molar refractivity (Wildman–Crippen MR) is 56.2 cm³/mol. The van der Waals surface area contributed by atoms with E-state index in [1.54, 1.807) is 6.20 Å². The highest BCUT2D eigenvalue weighted by atomic mass is 14.7. The van der Waals surface area contributed by atoms with E-state index in [1.807, 2.05) is 12.1 Å². The minimum atomic E-state index is 0.114. The quantitative estimate of drug-likeness (QED) is 0.713. The number of nitrogens with two attached hydrogens (primary N) is 1. The van der Waals surface area contributed by atoms with Gasteiger partial charge >= 0.3 is 0 Å². The summed E-state index contributed by atoms with van der Waals surface area (Å²) in [7, 11) is 0. The highest BCUT2D eigenvalue weighted by molar-refractivity contribution is 5.50. The molecule has 0 atom stereocenters. The average molecular weight is 176 g/mol. The molecule has 2 N–H and O–H groups in total. The molecule has 0 aliphatic heterocycles. The van der Waals surface area contributed by atoms with Gasteiger partial charge in [0.2, 0.25) is 0 Å². The first-order valence-electron chi connectivity index (χ1n) is 4.39. The van der Waals surface area contributed by atoms with Gasteiger partial charge in [0.15, 0.2) is 0 Å². The van der Waals surface area contributed by atoms with E-state index in [0.717, 1.165) is 5.69 Å². The monoisotopic (exact) mass is 176 g/mol. The maximum absolute atomic E-state index is 5.35. The lowest BCUT2D eigenvalue weighted by atomic mass is 9.86. The van der Waals surface area contributed by atoms with Crippen molar-refractivity contribution < 1.29 is 0 Å². The Balaban J connectivity index is 3.20. The van der Waals surface area contributed by atoms with Gasteiger partial charge in [-0.05, 0) is 29.3 Å². The van der Waals surface area contributed by atoms with Crippen LogP contribution in [0.4, 0.5) is 0 Å². The second kappa shape index (κ2) is 3.60. The molecule has 0 saturated carbocycles. The van der Waals surface area contributed by atoms with Crippen LogP contribution in [0.15, 0.2) is 24.5 Å². The van der Waals surface area contributed by atoms with Crippen LogP contribution in [0.1, 0.15) is 32.0 Å². The van der Waals surface area contributed by atoms with Gasteiger partial charge < -0.3 is 5.73 Å². The fraction of sp³-hybridized carbons (Fsp3) is 0.364. The Morgan fingerprint density at radius 3 is 2.62 bits per heavy atom. The van der Waals surface area contributed by atoms with Gasteiger partial charge in [0.25, 0.3) is 0 Å². The molecule has 13 heavy (non-hydrogen) atoms. The van der Waals surface area contributed by atoms with Gasteiger partial charge in [0.05, 0.1) is 5.69 Å². The van der Waals surface area contributed by atoms with Crippen molar-refractivity contribution in [3.63, 3.8) is 0 Å². The molecule has 1 heterocycles. The Hall–Kier alpha value is -1.31. The van der Waals surface area contributed by atoms with Crippen molar-refractivity contribution >= 4 is 6.08 Å². The zero-order chi connectivity index (χ0) is 9.90. The van der Waals surface area contributed by atoms with E-state index in [4.69, 9.17) is 5.73 Å². The molecular weight excluding hydrogens is 160 g/mol. The lowest BCUT2D eigenvalue weighted by molar-refractivity contribution is 0.586. The maximum Gasteiger partial charge on any atom is 0.0681 e. The highest BCUT2D eigenvalue weighted by Gasteiger charge is 2.16. The molecule has 1 aromatic heterocycles. The predicted octanol–water partition coefficient (Wildman–Crippen LogP) is 2.31. The Labute approximate surface area is 79.5 Å². The molecule has 0 saturated heterocycles. The molecular formula is C11H16N2. The molecule has 70 valence electrons. The van der Waals surface area contributed by atoms with Crippen LogP contribution in [0.5, 0.6) is 0 Å². The topological polar surface area (TPSA) is 38.9 Å². The third kappa shape index (κ3) is 2.31. The van der Waals surface area contributed by atoms with Crippen molar-refractivity contribution in [3.05, 3.63) is 35.8 Å². The van der Waals surface area contributed by atoms with Crippen LogP contribution in [0, 0.1) is 0 Å². The summed E-state index contributed by atoms with van der Waals surface area (Å²) in [5, 5.41) is 0. The van der Waals surface area contributed by atoms with Gasteiger partial charge in [-0.2, -0.15) is 0 Å². The lowest BCUT2D eigenvalue weighted by Crippen LogP contribution is -2.13. The number of nitrogens with zero attached hydrogens (tertiary/aromatic N) is 1. The largest absolute Gasteiger partial charge is 0.405 e. The van der Waals surface area contributed by atoms with E-state index in [2.05, 4.69) is 31.8 Å². The molecule has 0 spiro atoms. The number of aromatic nitrogens is 1. The summed E-state index contributed by atoms with van der Waals surface area (Å²) in [5.41, 5.74) is 7.64. The summed E-state index contributed by atoms with van der Waals surface area (Å²) in [6.45, 7) is 6.49. The van der Waals surface area contributed by atoms with Crippen LogP contribution >= 0.6 is 0 Å². The van der Waals surface area contributed by atoms with Crippen LogP contribution in [-0.4, -0.2) is 4.98 Å². The van der Waals surface area contributed by atoms with Gasteiger partial charge in [-0.25, -0.2) is 0 Å². The second-order valence-electron chi connectivity index (χ2n) is 4.05. The van der Waals surface area contributed by atoms with Crippen molar-refractivity contribution in [1.29, 1.82) is 0 Å². The van der Waals surface area contributed by atoms with Crippen molar-refractivity contribution in [2.75, 3.05) is 0 Å². The number of hydrogen-bond donors (Lipinski definition) is 1. The fourth-order valence-corrected chi connectivity index (χ4v) is 1.28. The molecule has 0 unspecified atom stereocenters. The summed E-state index contributed by atoms with van der Waals surface area (Å²) in [4.78, 5) is 4.27.